The number of carbonyl (C=O) groups is 1. The summed E-state index contributed by atoms with van der Waals surface area (Å²) in [7, 11) is 0. The summed E-state index contributed by atoms with van der Waals surface area (Å²) in [6, 6.07) is 3.52. The van der Waals surface area contributed by atoms with Gasteiger partial charge in [0.2, 0.25) is 5.91 Å². The maximum atomic E-state index is 12.1. The van der Waals surface area contributed by atoms with Gasteiger partial charge in [0.1, 0.15) is 21.9 Å². The molecule has 0 spiro atoms. The zero-order chi connectivity index (χ0) is 16.4. The molecule has 1 amide bonds. The van der Waals surface area contributed by atoms with Crippen LogP contribution in [0.1, 0.15) is 29.2 Å². The summed E-state index contributed by atoms with van der Waals surface area (Å²) in [6.07, 6.45) is 3.16. The lowest BCUT2D eigenvalue weighted by Gasteiger charge is -2.11. The summed E-state index contributed by atoms with van der Waals surface area (Å²) in [5.41, 5.74) is 1.19. The third kappa shape index (κ3) is 3.40. The van der Waals surface area contributed by atoms with Gasteiger partial charge in [0.15, 0.2) is 0 Å². The predicted octanol–water partition coefficient (Wildman–Crippen LogP) is 3.87. The lowest BCUT2D eigenvalue weighted by atomic mass is 10.2. The Hall–Kier alpha value is -1.86. The van der Waals surface area contributed by atoms with Crippen molar-refractivity contribution in [1.29, 1.82) is 0 Å². The smallest absolute Gasteiger partial charge is 0.230 e. The number of nitrogens with one attached hydrogen (secondary N) is 1. The second-order valence-electron chi connectivity index (χ2n) is 5.24. The molecule has 0 saturated heterocycles. The van der Waals surface area contributed by atoms with Gasteiger partial charge in [-0.15, -0.1) is 11.3 Å². The van der Waals surface area contributed by atoms with Crippen molar-refractivity contribution in [3.63, 3.8) is 0 Å². The molecule has 3 rings (SSSR count). The molecule has 0 aliphatic carbocycles. The molecule has 1 unspecified atom stereocenters. The van der Waals surface area contributed by atoms with Crippen LogP contribution in [0.15, 0.2) is 34.2 Å². The second-order valence-corrected chi connectivity index (χ2v) is 7.40. The van der Waals surface area contributed by atoms with E-state index < -0.39 is 0 Å². The molecule has 3 aromatic rings. The number of aryl methyl sites for hydroxylation is 2. The lowest BCUT2D eigenvalue weighted by molar-refractivity contribution is -0.119. The summed E-state index contributed by atoms with van der Waals surface area (Å²) in [5.74, 6) is 1.01. The molecule has 0 bridgehead atoms. The molecule has 0 radical (unpaired) electrons. The van der Waals surface area contributed by atoms with Crippen molar-refractivity contribution in [1.82, 2.24) is 15.3 Å². The van der Waals surface area contributed by atoms with Gasteiger partial charge in [-0.2, -0.15) is 0 Å². The summed E-state index contributed by atoms with van der Waals surface area (Å²) >= 11 is 3.10. The number of hydrogen-bond acceptors (Lipinski definition) is 6. The summed E-state index contributed by atoms with van der Waals surface area (Å²) in [5, 5.41) is 4.85. The van der Waals surface area contributed by atoms with Crippen LogP contribution < -0.4 is 5.32 Å². The van der Waals surface area contributed by atoms with Crippen molar-refractivity contribution in [3.05, 3.63) is 40.9 Å². The Labute approximate surface area is 142 Å². The Morgan fingerprint density at radius 2 is 2.26 bits per heavy atom. The number of aromatic nitrogens is 2. The van der Waals surface area contributed by atoms with Crippen LogP contribution >= 0.6 is 23.1 Å². The lowest BCUT2D eigenvalue weighted by Crippen LogP contribution is -2.27. The highest BCUT2D eigenvalue weighted by molar-refractivity contribution is 8.00. The van der Waals surface area contributed by atoms with Crippen LogP contribution in [0, 0.1) is 13.8 Å². The van der Waals surface area contributed by atoms with E-state index in [1.807, 2.05) is 19.1 Å². The third-order valence-corrected chi connectivity index (χ3v) is 5.72. The van der Waals surface area contributed by atoms with Gasteiger partial charge in [-0.3, -0.25) is 4.79 Å². The van der Waals surface area contributed by atoms with Gasteiger partial charge in [-0.05, 0) is 38.5 Å². The van der Waals surface area contributed by atoms with Gasteiger partial charge < -0.3 is 9.73 Å². The third-order valence-electron chi connectivity index (χ3n) is 3.62. The van der Waals surface area contributed by atoms with Crippen molar-refractivity contribution in [2.75, 3.05) is 5.75 Å². The standard InChI is InChI=1S/C16H17N3O2S2/c1-9-11(3)23-16-14(9)15(17-8-18-16)22-7-13(20)19-10(2)12-5-4-6-21-12/h4-6,8,10H,7H2,1-3H3,(H,19,20). The quantitative estimate of drug-likeness (QED) is 0.560. The van der Waals surface area contributed by atoms with E-state index in [2.05, 4.69) is 29.1 Å². The van der Waals surface area contributed by atoms with Crippen molar-refractivity contribution in [2.45, 2.75) is 31.8 Å². The number of hydrogen-bond donors (Lipinski definition) is 1. The summed E-state index contributed by atoms with van der Waals surface area (Å²) < 4.78 is 5.29. The normalized spacial score (nSPS) is 12.5. The first-order valence-electron chi connectivity index (χ1n) is 7.22. The number of thiophene rings is 1. The Balaban J connectivity index is 1.67. The fraction of sp³-hybridized carbons (Fsp3) is 0.312. The molecule has 0 aromatic carbocycles. The fourth-order valence-corrected chi connectivity index (χ4v) is 4.21. The van der Waals surface area contributed by atoms with Gasteiger partial charge in [-0.1, -0.05) is 11.8 Å². The fourth-order valence-electron chi connectivity index (χ4n) is 2.29. The van der Waals surface area contributed by atoms with E-state index in [1.54, 1.807) is 23.9 Å². The Bertz CT molecular complexity index is 827. The van der Waals surface area contributed by atoms with Crippen LogP contribution in [0.5, 0.6) is 0 Å². The molecule has 3 heterocycles. The van der Waals surface area contributed by atoms with Crippen LogP contribution in [-0.2, 0) is 4.79 Å². The monoisotopic (exact) mass is 347 g/mol. The summed E-state index contributed by atoms with van der Waals surface area (Å²) in [4.78, 5) is 23.0. The molecule has 23 heavy (non-hydrogen) atoms. The zero-order valence-electron chi connectivity index (χ0n) is 13.1. The topological polar surface area (TPSA) is 68.0 Å². The average molecular weight is 347 g/mol. The summed E-state index contributed by atoms with van der Waals surface area (Å²) in [6.45, 7) is 6.05. The maximum Gasteiger partial charge on any atom is 0.230 e. The van der Waals surface area contributed by atoms with E-state index in [0.29, 0.717) is 5.75 Å². The van der Waals surface area contributed by atoms with Gasteiger partial charge in [-0.25, -0.2) is 9.97 Å². The molecular formula is C16H17N3O2S2. The van der Waals surface area contributed by atoms with E-state index >= 15 is 0 Å². The molecular weight excluding hydrogens is 330 g/mol. The van der Waals surface area contributed by atoms with Crippen molar-refractivity contribution in [3.8, 4) is 0 Å². The number of fused-ring (bicyclic) bond motifs is 1. The van der Waals surface area contributed by atoms with Crippen LogP contribution in [0.3, 0.4) is 0 Å². The molecule has 1 N–H and O–H groups in total. The molecule has 0 aliphatic heterocycles. The number of thioether (sulfide) groups is 1. The van der Waals surface area contributed by atoms with Gasteiger partial charge in [0, 0.05) is 10.3 Å². The van der Waals surface area contributed by atoms with Gasteiger partial charge in [0.05, 0.1) is 18.1 Å². The minimum Gasteiger partial charge on any atom is -0.467 e. The zero-order valence-corrected chi connectivity index (χ0v) is 14.8. The highest BCUT2D eigenvalue weighted by Crippen LogP contribution is 2.34. The number of furan rings is 1. The van der Waals surface area contributed by atoms with E-state index in [-0.39, 0.29) is 11.9 Å². The Kier molecular flexibility index (Phi) is 4.68. The first-order chi connectivity index (χ1) is 11.1. The Morgan fingerprint density at radius 1 is 1.43 bits per heavy atom. The molecule has 5 nitrogen and oxygen atoms in total. The van der Waals surface area contributed by atoms with Crippen molar-refractivity contribution >= 4 is 39.2 Å². The average Bonchev–Trinajstić information content (AvgIpc) is 3.15. The Morgan fingerprint density at radius 3 is 3.00 bits per heavy atom. The molecule has 1 atom stereocenters. The largest absolute Gasteiger partial charge is 0.467 e. The first-order valence-corrected chi connectivity index (χ1v) is 9.02. The molecule has 0 fully saturated rings. The van der Waals surface area contributed by atoms with Crippen LogP contribution in [-0.4, -0.2) is 21.6 Å². The first kappa shape index (κ1) is 16.0. The molecule has 120 valence electrons. The number of nitrogens with zero attached hydrogens (tertiary/aromatic N) is 2. The molecule has 7 heteroatoms. The highest BCUT2D eigenvalue weighted by Gasteiger charge is 2.15. The number of rotatable bonds is 5. The number of carbonyl (C=O) groups excluding carboxylic acids is 1. The van der Waals surface area contributed by atoms with Crippen LogP contribution in [0.25, 0.3) is 10.2 Å². The van der Waals surface area contributed by atoms with E-state index in [0.717, 1.165) is 21.0 Å². The second kappa shape index (κ2) is 6.72. The van der Waals surface area contributed by atoms with E-state index in [9.17, 15) is 4.79 Å². The maximum absolute atomic E-state index is 12.1. The van der Waals surface area contributed by atoms with Crippen LogP contribution in [0.4, 0.5) is 0 Å². The molecule has 3 aromatic heterocycles. The molecule has 0 saturated carbocycles. The number of amides is 1. The van der Waals surface area contributed by atoms with E-state index in [1.165, 1.54) is 22.2 Å². The van der Waals surface area contributed by atoms with Crippen molar-refractivity contribution < 1.29 is 9.21 Å². The van der Waals surface area contributed by atoms with Gasteiger partial charge >= 0.3 is 0 Å². The van der Waals surface area contributed by atoms with E-state index in [4.69, 9.17) is 4.42 Å². The SMILES string of the molecule is Cc1sc2ncnc(SCC(=O)NC(C)c3ccco3)c2c1C. The van der Waals surface area contributed by atoms with Crippen molar-refractivity contribution in [2.24, 2.45) is 0 Å². The molecule has 0 aliphatic rings. The van der Waals surface area contributed by atoms with Crippen LogP contribution in [0.2, 0.25) is 0 Å². The predicted molar refractivity (Wildman–Crippen MR) is 92.9 cm³/mol. The van der Waals surface area contributed by atoms with Gasteiger partial charge in [0.25, 0.3) is 0 Å². The highest BCUT2D eigenvalue weighted by atomic mass is 32.2. The minimum absolute atomic E-state index is 0.0460. The minimum atomic E-state index is -0.145.